The van der Waals surface area contributed by atoms with Gasteiger partial charge in [-0.15, -0.1) is 0 Å². The first-order chi connectivity index (χ1) is 11.8. The molecule has 0 spiro atoms. The number of hydrogen-bond acceptors (Lipinski definition) is 2. The standard InChI is InChI=1S/C18H15Cl3N2O2/c1-9-15(21)3-2-4-16(9)23-18(25)14-8-13(14)17(24)22-12-6-10(19)5-11(20)7-12/h2-7,13-14H,8H2,1H3,(H,22,24)(H,23,25). The number of carbonyl (C=O) groups is 2. The predicted molar refractivity (Wildman–Crippen MR) is 102 cm³/mol. The van der Waals surface area contributed by atoms with E-state index >= 15 is 0 Å². The SMILES string of the molecule is Cc1c(Cl)cccc1NC(=O)C1CC1C(=O)Nc1cc(Cl)cc(Cl)c1. The van der Waals surface area contributed by atoms with Gasteiger partial charge in [0, 0.05) is 26.4 Å². The van der Waals surface area contributed by atoms with Gasteiger partial charge in [-0.3, -0.25) is 9.59 Å². The molecule has 3 rings (SSSR count). The molecule has 2 atom stereocenters. The van der Waals surface area contributed by atoms with Crippen LogP contribution in [0.5, 0.6) is 0 Å². The maximum Gasteiger partial charge on any atom is 0.228 e. The van der Waals surface area contributed by atoms with Gasteiger partial charge in [0.25, 0.3) is 0 Å². The van der Waals surface area contributed by atoms with Crippen molar-refractivity contribution in [2.45, 2.75) is 13.3 Å². The smallest absolute Gasteiger partial charge is 0.228 e. The average molecular weight is 398 g/mol. The molecule has 2 unspecified atom stereocenters. The lowest BCUT2D eigenvalue weighted by molar-refractivity contribution is -0.122. The molecule has 25 heavy (non-hydrogen) atoms. The third kappa shape index (κ3) is 4.27. The summed E-state index contributed by atoms with van der Waals surface area (Å²) in [4.78, 5) is 24.6. The molecule has 1 aliphatic carbocycles. The second-order valence-electron chi connectivity index (χ2n) is 6.00. The lowest BCUT2D eigenvalue weighted by Crippen LogP contribution is -2.21. The first kappa shape index (κ1) is 18.1. The van der Waals surface area contributed by atoms with Crippen molar-refractivity contribution in [2.75, 3.05) is 10.6 Å². The zero-order chi connectivity index (χ0) is 18.1. The molecule has 4 nitrogen and oxygen atoms in total. The summed E-state index contributed by atoms with van der Waals surface area (Å²) in [7, 11) is 0. The highest BCUT2D eigenvalue weighted by Crippen LogP contribution is 2.41. The summed E-state index contributed by atoms with van der Waals surface area (Å²) >= 11 is 17.9. The van der Waals surface area contributed by atoms with Gasteiger partial charge in [0.05, 0.1) is 11.8 Å². The number of anilines is 2. The second kappa shape index (κ2) is 7.24. The fraction of sp³-hybridized carbons (Fsp3) is 0.222. The molecule has 1 aliphatic rings. The van der Waals surface area contributed by atoms with Crippen molar-refractivity contribution < 1.29 is 9.59 Å². The van der Waals surface area contributed by atoms with Crippen LogP contribution in [0.2, 0.25) is 15.1 Å². The zero-order valence-electron chi connectivity index (χ0n) is 13.3. The largest absolute Gasteiger partial charge is 0.326 e. The minimum atomic E-state index is -0.364. The van der Waals surface area contributed by atoms with Crippen molar-refractivity contribution in [3.8, 4) is 0 Å². The van der Waals surface area contributed by atoms with Gasteiger partial charge in [0.15, 0.2) is 0 Å². The van der Waals surface area contributed by atoms with Crippen LogP contribution in [-0.2, 0) is 9.59 Å². The van der Waals surface area contributed by atoms with Crippen molar-refractivity contribution in [2.24, 2.45) is 11.8 Å². The highest BCUT2D eigenvalue weighted by molar-refractivity contribution is 6.35. The van der Waals surface area contributed by atoms with E-state index in [0.717, 1.165) is 5.56 Å². The summed E-state index contributed by atoms with van der Waals surface area (Å²) in [5, 5.41) is 7.03. The van der Waals surface area contributed by atoms with E-state index in [0.29, 0.717) is 32.9 Å². The quantitative estimate of drug-likeness (QED) is 0.748. The molecule has 1 saturated carbocycles. The number of rotatable bonds is 4. The Kier molecular flexibility index (Phi) is 5.23. The van der Waals surface area contributed by atoms with Crippen LogP contribution in [0.25, 0.3) is 0 Å². The minimum Gasteiger partial charge on any atom is -0.326 e. The molecule has 0 bridgehead atoms. The normalized spacial score (nSPS) is 18.6. The first-order valence-electron chi connectivity index (χ1n) is 7.68. The number of amides is 2. The number of halogens is 3. The maximum atomic E-state index is 12.3. The summed E-state index contributed by atoms with van der Waals surface area (Å²) in [5.41, 5.74) is 1.97. The molecule has 2 N–H and O–H groups in total. The van der Waals surface area contributed by atoms with Crippen molar-refractivity contribution in [1.29, 1.82) is 0 Å². The molecule has 0 saturated heterocycles. The Bertz CT molecular complexity index is 834. The highest BCUT2D eigenvalue weighted by atomic mass is 35.5. The van der Waals surface area contributed by atoms with Crippen molar-refractivity contribution in [3.63, 3.8) is 0 Å². The van der Waals surface area contributed by atoms with Crippen LogP contribution < -0.4 is 10.6 Å². The van der Waals surface area contributed by atoms with Crippen molar-refractivity contribution >= 4 is 58.0 Å². The Labute approximate surface area is 160 Å². The van der Waals surface area contributed by atoms with Gasteiger partial charge >= 0.3 is 0 Å². The number of nitrogens with one attached hydrogen (secondary N) is 2. The third-order valence-electron chi connectivity index (χ3n) is 4.12. The zero-order valence-corrected chi connectivity index (χ0v) is 15.5. The average Bonchev–Trinajstić information content (AvgIpc) is 3.31. The maximum absolute atomic E-state index is 12.3. The third-order valence-corrected chi connectivity index (χ3v) is 4.97. The van der Waals surface area contributed by atoms with Gasteiger partial charge in [-0.2, -0.15) is 0 Å². The van der Waals surface area contributed by atoms with Crippen LogP contribution in [-0.4, -0.2) is 11.8 Å². The van der Waals surface area contributed by atoms with Gasteiger partial charge in [-0.1, -0.05) is 40.9 Å². The molecule has 7 heteroatoms. The minimum absolute atomic E-state index is 0.186. The lowest BCUT2D eigenvalue weighted by atomic mass is 10.2. The highest BCUT2D eigenvalue weighted by Gasteiger charge is 2.48. The monoisotopic (exact) mass is 396 g/mol. The summed E-state index contributed by atoms with van der Waals surface area (Å²) in [6, 6.07) is 10.1. The number of benzene rings is 2. The molecule has 2 aromatic carbocycles. The van der Waals surface area contributed by atoms with Crippen LogP contribution in [0.1, 0.15) is 12.0 Å². The van der Waals surface area contributed by atoms with Crippen LogP contribution >= 0.6 is 34.8 Å². The summed E-state index contributed by atoms with van der Waals surface area (Å²) in [6.07, 6.45) is 0.506. The van der Waals surface area contributed by atoms with E-state index in [4.69, 9.17) is 34.8 Å². The van der Waals surface area contributed by atoms with Gasteiger partial charge < -0.3 is 10.6 Å². The van der Waals surface area contributed by atoms with E-state index in [2.05, 4.69) is 10.6 Å². The molecule has 1 fully saturated rings. The second-order valence-corrected chi connectivity index (χ2v) is 7.28. The summed E-state index contributed by atoms with van der Waals surface area (Å²) in [5.74, 6) is -1.12. The number of carbonyl (C=O) groups excluding carboxylic acids is 2. The molecular formula is C18H15Cl3N2O2. The van der Waals surface area contributed by atoms with E-state index in [1.54, 1.807) is 36.4 Å². The van der Waals surface area contributed by atoms with Gasteiger partial charge in [0.2, 0.25) is 11.8 Å². The van der Waals surface area contributed by atoms with Crippen molar-refractivity contribution in [3.05, 3.63) is 57.0 Å². The molecule has 0 aliphatic heterocycles. The Morgan fingerprint density at radius 2 is 1.56 bits per heavy atom. The molecule has 0 aromatic heterocycles. The van der Waals surface area contributed by atoms with E-state index < -0.39 is 0 Å². The Morgan fingerprint density at radius 1 is 0.960 bits per heavy atom. The fourth-order valence-corrected chi connectivity index (χ4v) is 3.30. The molecular weight excluding hydrogens is 383 g/mol. The molecule has 0 heterocycles. The van der Waals surface area contributed by atoms with E-state index in [1.165, 1.54) is 0 Å². The van der Waals surface area contributed by atoms with Crippen LogP contribution in [0.15, 0.2) is 36.4 Å². The van der Waals surface area contributed by atoms with Gasteiger partial charge in [-0.25, -0.2) is 0 Å². The Balaban J connectivity index is 1.60. The fourth-order valence-electron chi connectivity index (χ4n) is 2.60. The van der Waals surface area contributed by atoms with Crippen LogP contribution in [0.3, 0.4) is 0 Å². The molecule has 130 valence electrons. The van der Waals surface area contributed by atoms with E-state index in [9.17, 15) is 9.59 Å². The Hall–Kier alpha value is -1.75. The van der Waals surface area contributed by atoms with E-state index in [-0.39, 0.29) is 23.7 Å². The van der Waals surface area contributed by atoms with E-state index in [1.807, 2.05) is 6.92 Å². The van der Waals surface area contributed by atoms with Gasteiger partial charge in [-0.05, 0) is 49.2 Å². The predicted octanol–water partition coefficient (Wildman–Crippen LogP) is 5.17. The first-order valence-corrected chi connectivity index (χ1v) is 8.81. The van der Waals surface area contributed by atoms with Crippen molar-refractivity contribution in [1.82, 2.24) is 0 Å². The Morgan fingerprint density at radius 3 is 2.20 bits per heavy atom. The van der Waals surface area contributed by atoms with Gasteiger partial charge in [0.1, 0.15) is 0 Å². The molecule has 2 amide bonds. The molecule has 2 aromatic rings. The van der Waals surface area contributed by atoms with Crippen LogP contribution in [0.4, 0.5) is 11.4 Å². The summed E-state index contributed by atoms with van der Waals surface area (Å²) < 4.78 is 0. The van der Waals surface area contributed by atoms with Crippen LogP contribution in [0, 0.1) is 18.8 Å². The number of hydrogen-bond donors (Lipinski definition) is 2. The lowest BCUT2D eigenvalue weighted by Gasteiger charge is -2.09. The topological polar surface area (TPSA) is 58.2 Å². The summed E-state index contributed by atoms with van der Waals surface area (Å²) in [6.45, 7) is 1.83. The molecule has 0 radical (unpaired) electrons.